The van der Waals surface area contributed by atoms with Crippen LogP contribution >= 0.6 is 0 Å². The molecule has 1 aromatic rings. The predicted octanol–water partition coefficient (Wildman–Crippen LogP) is 2.42. The van der Waals surface area contributed by atoms with Crippen LogP contribution in [0.25, 0.3) is 0 Å². The highest BCUT2D eigenvalue weighted by atomic mass is 32.2. The summed E-state index contributed by atoms with van der Waals surface area (Å²) in [6.07, 6.45) is 5.07. The normalized spacial score (nSPS) is 20.7. The Hall–Kier alpha value is -0.910. The number of hydrogen-bond acceptors (Lipinski definition) is 3. The van der Waals surface area contributed by atoms with Gasteiger partial charge in [0.25, 0.3) is 0 Å². The van der Waals surface area contributed by atoms with Gasteiger partial charge in [0.2, 0.25) is 10.0 Å². The fourth-order valence-corrected chi connectivity index (χ4v) is 4.15. The highest BCUT2D eigenvalue weighted by Gasteiger charge is 2.41. The van der Waals surface area contributed by atoms with Crippen LogP contribution in [0, 0.1) is 17.8 Å². The Morgan fingerprint density at radius 1 is 1.24 bits per heavy atom. The summed E-state index contributed by atoms with van der Waals surface area (Å²) in [5.74, 6) is 2.03. The highest BCUT2D eigenvalue weighted by molar-refractivity contribution is 7.89. The zero-order chi connectivity index (χ0) is 15.0. The maximum atomic E-state index is 12.4. The van der Waals surface area contributed by atoms with Crippen molar-refractivity contribution in [2.75, 3.05) is 6.54 Å². The molecule has 2 aliphatic carbocycles. The Labute approximate surface area is 127 Å². The fourth-order valence-electron chi connectivity index (χ4n) is 3.02. The Kier molecular flexibility index (Phi) is 4.08. The van der Waals surface area contributed by atoms with Crippen molar-refractivity contribution in [1.29, 1.82) is 0 Å². The number of benzene rings is 1. The molecule has 2 saturated carbocycles. The molecule has 21 heavy (non-hydrogen) atoms. The van der Waals surface area contributed by atoms with E-state index in [0.29, 0.717) is 17.4 Å². The third-order valence-electron chi connectivity index (χ3n) is 4.66. The molecule has 4 nitrogen and oxygen atoms in total. The SMILES string of the molecule is CC(N)c1cccc(S(=O)(=O)NCC(C2CC2)C2CC2)c1. The van der Waals surface area contributed by atoms with Gasteiger partial charge in [-0.25, -0.2) is 13.1 Å². The Balaban J connectivity index is 1.69. The summed E-state index contributed by atoms with van der Waals surface area (Å²) in [7, 11) is -3.43. The van der Waals surface area contributed by atoms with Crippen LogP contribution in [0.5, 0.6) is 0 Å². The van der Waals surface area contributed by atoms with Gasteiger partial charge in [0.15, 0.2) is 0 Å². The van der Waals surface area contributed by atoms with E-state index in [1.54, 1.807) is 18.2 Å². The molecule has 2 fully saturated rings. The van der Waals surface area contributed by atoms with Gasteiger partial charge in [-0.1, -0.05) is 12.1 Å². The Morgan fingerprint density at radius 3 is 2.38 bits per heavy atom. The molecule has 0 amide bonds. The third-order valence-corrected chi connectivity index (χ3v) is 6.08. The van der Waals surface area contributed by atoms with E-state index in [4.69, 9.17) is 5.73 Å². The maximum Gasteiger partial charge on any atom is 0.240 e. The predicted molar refractivity (Wildman–Crippen MR) is 83.2 cm³/mol. The minimum atomic E-state index is -3.43. The highest BCUT2D eigenvalue weighted by Crippen LogP contribution is 2.48. The number of sulfonamides is 1. The molecule has 2 aliphatic rings. The van der Waals surface area contributed by atoms with E-state index in [9.17, 15) is 8.42 Å². The van der Waals surface area contributed by atoms with Gasteiger partial charge in [-0.05, 0) is 68.1 Å². The molecule has 0 spiro atoms. The Bertz CT molecular complexity index is 592. The van der Waals surface area contributed by atoms with Gasteiger partial charge in [-0.2, -0.15) is 0 Å². The first kappa shape index (κ1) is 15.0. The van der Waals surface area contributed by atoms with Crippen molar-refractivity contribution >= 4 is 10.0 Å². The lowest BCUT2D eigenvalue weighted by molar-refractivity contribution is 0.401. The average molecular weight is 308 g/mol. The van der Waals surface area contributed by atoms with Crippen LogP contribution in [0.4, 0.5) is 0 Å². The molecule has 0 saturated heterocycles. The minimum absolute atomic E-state index is 0.161. The second-order valence-electron chi connectivity index (χ2n) is 6.55. The second kappa shape index (κ2) is 5.71. The second-order valence-corrected chi connectivity index (χ2v) is 8.32. The minimum Gasteiger partial charge on any atom is -0.324 e. The van der Waals surface area contributed by atoms with E-state index in [2.05, 4.69) is 4.72 Å². The molecule has 1 unspecified atom stereocenters. The molecule has 0 heterocycles. The van der Waals surface area contributed by atoms with Crippen LogP contribution < -0.4 is 10.5 Å². The van der Waals surface area contributed by atoms with Gasteiger partial charge in [0.1, 0.15) is 0 Å². The average Bonchev–Trinajstić information content (AvgIpc) is 3.32. The van der Waals surface area contributed by atoms with Crippen molar-refractivity contribution in [3.8, 4) is 0 Å². The van der Waals surface area contributed by atoms with Gasteiger partial charge < -0.3 is 5.73 Å². The van der Waals surface area contributed by atoms with Crippen molar-refractivity contribution in [3.05, 3.63) is 29.8 Å². The van der Waals surface area contributed by atoms with Crippen LogP contribution in [0.2, 0.25) is 0 Å². The van der Waals surface area contributed by atoms with E-state index in [-0.39, 0.29) is 6.04 Å². The van der Waals surface area contributed by atoms with Crippen molar-refractivity contribution in [2.45, 2.75) is 43.5 Å². The first-order valence-electron chi connectivity index (χ1n) is 7.82. The van der Waals surface area contributed by atoms with Crippen LogP contribution in [0.3, 0.4) is 0 Å². The van der Waals surface area contributed by atoms with Crippen LogP contribution in [-0.4, -0.2) is 15.0 Å². The molecule has 0 bridgehead atoms. The Morgan fingerprint density at radius 2 is 1.86 bits per heavy atom. The monoisotopic (exact) mass is 308 g/mol. The topological polar surface area (TPSA) is 72.2 Å². The standard InChI is InChI=1S/C16H24N2O2S/c1-11(17)14-3-2-4-15(9-14)21(19,20)18-10-16(12-5-6-12)13-7-8-13/h2-4,9,11-13,16,18H,5-8,10,17H2,1H3. The summed E-state index contributed by atoms with van der Waals surface area (Å²) in [6.45, 7) is 2.44. The zero-order valence-corrected chi connectivity index (χ0v) is 13.3. The molecule has 0 radical (unpaired) electrons. The van der Waals surface area contributed by atoms with Gasteiger partial charge in [-0.15, -0.1) is 0 Å². The van der Waals surface area contributed by atoms with E-state index in [1.165, 1.54) is 25.7 Å². The molecule has 116 valence electrons. The molecule has 1 atom stereocenters. The lowest BCUT2D eigenvalue weighted by Crippen LogP contribution is -2.31. The lowest BCUT2D eigenvalue weighted by atomic mass is 9.99. The van der Waals surface area contributed by atoms with Crippen molar-refractivity contribution in [1.82, 2.24) is 4.72 Å². The molecule has 0 aromatic heterocycles. The fraction of sp³-hybridized carbons (Fsp3) is 0.625. The van der Waals surface area contributed by atoms with E-state index < -0.39 is 10.0 Å². The van der Waals surface area contributed by atoms with Crippen molar-refractivity contribution in [2.24, 2.45) is 23.5 Å². The number of hydrogen-bond donors (Lipinski definition) is 2. The first-order chi connectivity index (χ1) is 9.97. The van der Waals surface area contributed by atoms with E-state index >= 15 is 0 Å². The smallest absolute Gasteiger partial charge is 0.240 e. The molecular formula is C16H24N2O2S. The van der Waals surface area contributed by atoms with Crippen molar-refractivity contribution in [3.63, 3.8) is 0 Å². The molecule has 0 aliphatic heterocycles. The zero-order valence-electron chi connectivity index (χ0n) is 12.5. The molecular weight excluding hydrogens is 284 g/mol. The van der Waals surface area contributed by atoms with Gasteiger partial charge >= 0.3 is 0 Å². The van der Waals surface area contributed by atoms with Crippen LogP contribution in [0.1, 0.15) is 44.2 Å². The largest absolute Gasteiger partial charge is 0.324 e. The van der Waals surface area contributed by atoms with Crippen LogP contribution in [-0.2, 0) is 10.0 Å². The number of nitrogens with two attached hydrogens (primary N) is 1. The number of nitrogens with one attached hydrogen (secondary N) is 1. The summed E-state index contributed by atoms with van der Waals surface area (Å²) >= 11 is 0. The molecule has 3 N–H and O–H groups in total. The molecule has 3 rings (SSSR count). The molecule has 5 heteroatoms. The quantitative estimate of drug-likeness (QED) is 0.812. The van der Waals surface area contributed by atoms with E-state index in [0.717, 1.165) is 17.4 Å². The summed E-state index contributed by atoms with van der Waals surface area (Å²) in [4.78, 5) is 0.322. The van der Waals surface area contributed by atoms with Crippen LogP contribution in [0.15, 0.2) is 29.2 Å². The van der Waals surface area contributed by atoms with Gasteiger partial charge in [0.05, 0.1) is 4.90 Å². The summed E-state index contributed by atoms with van der Waals surface area (Å²) in [5.41, 5.74) is 6.67. The lowest BCUT2D eigenvalue weighted by Gasteiger charge is -2.17. The first-order valence-corrected chi connectivity index (χ1v) is 9.31. The van der Waals surface area contributed by atoms with Gasteiger partial charge in [-0.3, -0.25) is 0 Å². The third kappa shape index (κ3) is 3.65. The summed E-state index contributed by atoms with van der Waals surface area (Å²) in [5, 5.41) is 0. The van der Waals surface area contributed by atoms with E-state index in [1.807, 2.05) is 13.0 Å². The summed E-state index contributed by atoms with van der Waals surface area (Å²) < 4.78 is 27.7. The van der Waals surface area contributed by atoms with Gasteiger partial charge in [0, 0.05) is 12.6 Å². The maximum absolute atomic E-state index is 12.4. The summed E-state index contributed by atoms with van der Waals surface area (Å²) in [6, 6.07) is 6.77. The molecule has 1 aromatic carbocycles. The number of rotatable bonds is 7. The van der Waals surface area contributed by atoms with Crippen molar-refractivity contribution < 1.29 is 8.42 Å².